The van der Waals surface area contributed by atoms with Crippen molar-refractivity contribution in [3.8, 4) is 0 Å². The third kappa shape index (κ3) is 4.93. The average Bonchev–Trinajstić information content (AvgIpc) is 2.60. The van der Waals surface area contributed by atoms with Gasteiger partial charge in [0.25, 0.3) is 5.91 Å². The topological polar surface area (TPSA) is 56.4 Å². The number of benzene rings is 1. The summed E-state index contributed by atoms with van der Waals surface area (Å²) in [4.78, 5) is 12.8. The largest absolute Gasteiger partial charge is 0.380 e. The van der Waals surface area contributed by atoms with Crippen LogP contribution in [0.1, 0.15) is 42.6 Å². The summed E-state index contributed by atoms with van der Waals surface area (Å²) < 4.78 is 2.46. The summed E-state index contributed by atoms with van der Waals surface area (Å²) in [6.45, 7) is 10.6. The number of anilines is 1. The van der Waals surface area contributed by atoms with E-state index in [1.807, 2.05) is 31.0 Å². The normalized spacial score (nSPS) is 20.4. The van der Waals surface area contributed by atoms with Crippen molar-refractivity contribution in [3.05, 3.63) is 29.3 Å². The van der Waals surface area contributed by atoms with E-state index in [1.165, 1.54) is 0 Å². The molecule has 0 saturated carbocycles. The molecular formula is C20H32N4OS. The van der Waals surface area contributed by atoms with Crippen LogP contribution in [-0.2, 0) is 0 Å². The van der Waals surface area contributed by atoms with E-state index in [4.69, 9.17) is 0 Å². The van der Waals surface area contributed by atoms with Crippen LogP contribution in [0.15, 0.2) is 18.2 Å². The van der Waals surface area contributed by atoms with E-state index in [9.17, 15) is 4.79 Å². The Morgan fingerprint density at radius 3 is 2.69 bits per heavy atom. The van der Waals surface area contributed by atoms with E-state index in [0.717, 1.165) is 61.6 Å². The first kappa shape index (κ1) is 19.5. The minimum absolute atomic E-state index is 0.0516. The van der Waals surface area contributed by atoms with E-state index < -0.39 is 0 Å². The van der Waals surface area contributed by atoms with Crippen molar-refractivity contribution in [3.63, 3.8) is 0 Å². The van der Waals surface area contributed by atoms with Crippen LogP contribution in [0.4, 0.5) is 5.69 Å². The Hall–Kier alpha value is -1.24. The van der Waals surface area contributed by atoms with Crippen molar-refractivity contribution in [2.45, 2.75) is 45.7 Å². The third-order valence-corrected chi connectivity index (χ3v) is 6.50. The van der Waals surface area contributed by atoms with Crippen LogP contribution in [0, 0.1) is 12.8 Å². The van der Waals surface area contributed by atoms with Crippen LogP contribution in [-0.4, -0.2) is 54.2 Å². The molecule has 0 radical (unpaired) electrons. The second kappa shape index (κ2) is 9.11. The van der Waals surface area contributed by atoms with Gasteiger partial charge in [0.05, 0.1) is 6.04 Å². The van der Waals surface area contributed by atoms with Gasteiger partial charge in [0, 0.05) is 49.2 Å². The number of amides is 1. The van der Waals surface area contributed by atoms with Crippen molar-refractivity contribution >= 4 is 23.5 Å². The molecule has 0 bridgehead atoms. The highest BCUT2D eigenvalue weighted by Gasteiger charge is 2.25. The maximum atomic E-state index is 12.8. The predicted molar refractivity (Wildman–Crippen MR) is 111 cm³/mol. The fourth-order valence-electron chi connectivity index (χ4n) is 3.67. The molecule has 1 aromatic rings. The zero-order valence-corrected chi connectivity index (χ0v) is 17.0. The fraction of sp³-hybridized carbons (Fsp3) is 0.650. The molecular weight excluding hydrogens is 344 g/mol. The molecule has 2 fully saturated rings. The molecule has 0 aromatic heterocycles. The molecule has 144 valence electrons. The van der Waals surface area contributed by atoms with Crippen LogP contribution < -0.4 is 16.0 Å². The highest BCUT2D eigenvalue weighted by Crippen LogP contribution is 2.25. The Morgan fingerprint density at radius 2 is 2.08 bits per heavy atom. The van der Waals surface area contributed by atoms with Crippen LogP contribution >= 0.6 is 11.9 Å². The Bertz CT molecular complexity index is 612. The van der Waals surface area contributed by atoms with E-state index in [-0.39, 0.29) is 11.9 Å². The minimum atomic E-state index is 0.0516. The van der Waals surface area contributed by atoms with Crippen LogP contribution in [0.2, 0.25) is 0 Å². The summed E-state index contributed by atoms with van der Waals surface area (Å²) in [7, 11) is 0. The van der Waals surface area contributed by atoms with Crippen molar-refractivity contribution in [2.24, 2.45) is 5.92 Å². The molecule has 3 N–H and O–H groups in total. The zero-order chi connectivity index (χ0) is 18.5. The Morgan fingerprint density at radius 1 is 1.35 bits per heavy atom. The van der Waals surface area contributed by atoms with Gasteiger partial charge in [-0.2, -0.15) is 0 Å². The molecule has 2 heterocycles. The molecule has 1 unspecified atom stereocenters. The second-order valence-electron chi connectivity index (χ2n) is 7.48. The molecule has 3 rings (SSSR count). The van der Waals surface area contributed by atoms with Gasteiger partial charge in [0.15, 0.2) is 0 Å². The molecule has 2 aliphatic rings. The molecule has 26 heavy (non-hydrogen) atoms. The summed E-state index contributed by atoms with van der Waals surface area (Å²) in [5, 5.41) is 10.00. The molecule has 1 aromatic carbocycles. The van der Waals surface area contributed by atoms with E-state index in [1.54, 1.807) is 0 Å². The predicted octanol–water partition coefficient (Wildman–Crippen LogP) is 2.88. The fourth-order valence-corrected chi connectivity index (χ4v) is 4.51. The standard InChI is InChI=1S/C20H32N4OS/c1-4-26-24-9-7-16(8-10-24)15(3)22-20(25)19-11-17(6-5-14(19)2)23-18-12-21-13-18/h5-6,11,15-16,18,21,23H,4,7-10,12-13H2,1-3H3,(H,22,25). The van der Waals surface area contributed by atoms with Crippen molar-refractivity contribution < 1.29 is 4.79 Å². The summed E-state index contributed by atoms with van der Waals surface area (Å²) in [5.41, 5.74) is 2.85. The number of piperidine rings is 1. The average molecular weight is 377 g/mol. The van der Waals surface area contributed by atoms with Crippen molar-refractivity contribution in [2.75, 3.05) is 37.2 Å². The number of hydrogen-bond acceptors (Lipinski definition) is 5. The van der Waals surface area contributed by atoms with E-state index >= 15 is 0 Å². The van der Waals surface area contributed by atoms with Gasteiger partial charge in [-0.1, -0.05) is 24.9 Å². The second-order valence-corrected chi connectivity index (χ2v) is 8.83. The lowest BCUT2D eigenvalue weighted by atomic mass is 9.91. The van der Waals surface area contributed by atoms with Crippen LogP contribution in [0.25, 0.3) is 0 Å². The monoisotopic (exact) mass is 376 g/mol. The molecule has 2 aliphatic heterocycles. The number of aryl methyl sites for hydroxylation is 1. The molecule has 0 spiro atoms. The first-order valence-electron chi connectivity index (χ1n) is 9.83. The molecule has 6 heteroatoms. The SMILES string of the molecule is CCSN1CCC(C(C)NC(=O)c2cc(NC3CNC3)ccc2C)CC1. The molecule has 0 aliphatic carbocycles. The first-order valence-corrected chi connectivity index (χ1v) is 10.8. The minimum Gasteiger partial charge on any atom is -0.380 e. The lowest BCUT2D eigenvalue weighted by Crippen LogP contribution is -2.51. The van der Waals surface area contributed by atoms with Crippen LogP contribution in [0.3, 0.4) is 0 Å². The third-order valence-electron chi connectivity index (χ3n) is 5.51. The van der Waals surface area contributed by atoms with Crippen molar-refractivity contribution in [1.29, 1.82) is 0 Å². The molecule has 5 nitrogen and oxygen atoms in total. The van der Waals surface area contributed by atoms with Gasteiger partial charge in [-0.05, 0) is 50.3 Å². The summed E-state index contributed by atoms with van der Waals surface area (Å²) in [6.07, 6.45) is 2.31. The van der Waals surface area contributed by atoms with E-state index in [0.29, 0.717) is 12.0 Å². The summed E-state index contributed by atoms with van der Waals surface area (Å²) in [6, 6.07) is 6.78. The summed E-state index contributed by atoms with van der Waals surface area (Å²) in [5.74, 6) is 1.75. The van der Waals surface area contributed by atoms with Gasteiger partial charge in [-0.25, -0.2) is 0 Å². The highest BCUT2D eigenvalue weighted by atomic mass is 32.2. The number of nitrogens with one attached hydrogen (secondary N) is 3. The smallest absolute Gasteiger partial charge is 0.251 e. The molecule has 1 atom stereocenters. The van der Waals surface area contributed by atoms with Gasteiger partial charge in [-0.3, -0.25) is 9.10 Å². The van der Waals surface area contributed by atoms with Gasteiger partial charge >= 0.3 is 0 Å². The number of rotatable bonds is 7. The molecule has 2 saturated heterocycles. The molecule has 1 amide bonds. The first-order chi connectivity index (χ1) is 12.6. The Kier molecular flexibility index (Phi) is 6.84. The van der Waals surface area contributed by atoms with E-state index in [2.05, 4.69) is 40.2 Å². The Balaban J connectivity index is 1.56. The Labute approximate surface area is 161 Å². The van der Waals surface area contributed by atoms with Crippen molar-refractivity contribution in [1.82, 2.24) is 14.9 Å². The van der Waals surface area contributed by atoms with Crippen LogP contribution in [0.5, 0.6) is 0 Å². The van der Waals surface area contributed by atoms with Gasteiger partial charge in [0.2, 0.25) is 0 Å². The van der Waals surface area contributed by atoms with Gasteiger partial charge in [0.1, 0.15) is 0 Å². The van der Waals surface area contributed by atoms with Gasteiger partial charge < -0.3 is 16.0 Å². The lowest BCUT2D eigenvalue weighted by molar-refractivity contribution is 0.0915. The van der Waals surface area contributed by atoms with Gasteiger partial charge in [-0.15, -0.1) is 0 Å². The number of carbonyl (C=O) groups is 1. The lowest BCUT2D eigenvalue weighted by Gasteiger charge is -2.34. The number of nitrogens with zero attached hydrogens (tertiary/aromatic N) is 1. The number of carbonyl (C=O) groups excluding carboxylic acids is 1. The maximum absolute atomic E-state index is 12.8. The highest BCUT2D eigenvalue weighted by molar-refractivity contribution is 7.96. The summed E-state index contributed by atoms with van der Waals surface area (Å²) >= 11 is 1.93. The quantitative estimate of drug-likeness (QED) is 0.639. The number of hydrogen-bond donors (Lipinski definition) is 3. The zero-order valence-electron chi connectivity index (χ0n) is 16.2. The maximum Gasteiger partial charge on any atom is 0.251 e.